The highest BCUT2D eigenvalue weighted by Gasteiger charge is 2.25. The number of methoxy groups -OCH3 is 1. The van der Waals surface area contributed by atoms with Crippen LogP contribution in [0.25, 0.3) is 0 Å². The normalized spacial score (nSPS) is 14.6. The zero-order chi connectivity index (χ0) is 14.7. The van der Waals surface area contributed by atoms with Crippen molar-refractivity contribution in [2.24, 2.45) is 23.3 Å². The van der Waals surface area contributed by atoms with Gasteiger partial charge in [0.05, 0.1) is 7.11 Å². The largest absolute Gasteiger partial charge is 0.496 e. The van der Waals surface area contributed by atoms with Crippen LogP contribution in [0.3, 0.4) is 0 Å². The number of hydrogen-bond acceptors (Lipinski definition) is 3. The molecule has 2 atom stereocenters. The monoisotopic (exact) mass is 264 g/mol. The molecule has 0 amide bonds. The second kappa shape index (κ2) is 6.40. The van der Waals surface area contributed by atoms with Crippen molar-refractivity contribution in [2.45, 2.75) is 40.7 Å². The quantitative estimate of drug-likeness (QED) is 0.859. The fraction of sp³-hybridized carbons (Fsp3) is 0.625. The molecule has 0 fully saturated rings. The second-order valence-corrected chi connectivity index (χ2v) is 5.73. The summed E-state index contributed by atoms with van der Waals surface area (Å²) in [5.74, 6) is 1.70. The van der Waals surface area contributed by atoms with Gasteiger partial charge < -0.3 is 16.2 Å². The van der Waals surface area contributed by atoms with Crippen molar-refractivity contribution < 1.29 is 4.74 Å². The van der Waals surface area contributed by atoms with Gasteiger partial charge in [0.25, 0.3) is 0 Å². The Balaban J connectivity index is 3.31. The van der Waals surface area contributed by atoms with E-state index in [0.29, 0.717) is 18.4 Å². The predicted octanol–water partition coefficient (Wildman–Crippen LogP) is 2.85. The second-order valence-electron chi connectivity index (χ2n) is 5.73. The topological polar surface area (TPSA) is 61.3 Å². The Morgan fingerprint density at radius 2 is 1.74 bits per heavy atom. The summed E-state index contributed by atoms with van der Waals surface area (Å²) in [5, 5.41) is 0. The molecule has 0 saturated carbocycles. The lowest BCUT2D eigenvalue weighted by Gasteiger charge is -2.29. The Morgan fingerprint density at radius 3 is 2.16 bits per heavy atom. The van der Waals surface area contributed by atoms with Gasteiger partial charge in [0.2, 0.25) is 0 Å². The van der Waals surface area contributed by atoms with Gasteiger partial charge in [-0.25, -0.2) is 0 Å². The Kier molecular flexibility index (Phi) is 5.39. The minimum atomic E-state index is -0.0189. The Hall–Kier alpha value is -1.06. The summed E-state index contributed by atoms with van der Waals surface area (Å²) in [4.78, 5) is 0. The lowest BCUT2D eigenvalue weighted by atomic mass is 9.81. The van der Waals surface area contributed by atoms with E-state index in [9.17, 15) is 0 Å². The van der Waals surface area contributed by atoms with Gasteiger partial charge >= 0.3 is 0 Å². The molecule has 19 heavy (non-hydrogen) atoms. The van der Waals surface area contributed by atoms with Gasteiger partial charge in [0.1, 0.15) is 5.75 Å². The highest BCUT2D eigenvalue weighted by atomic mass is 16.5. The van der Waals surface area contributed by atoms with E-state index in [1.54, 1.807) is 7.11 Å². The van der Waals surface area contributed by atoms with Crippen molar-refractivity contribution in [3.05, 3.63) is 28.3 Å². The molecular weight excluding hydrogens is 236 g/mol. The number of nitrogens with two attached hydrogens (primary N) is 2. The van der Waals surface area contributed by atoms with E-state index in [2.05, 4.69) is 40.7 Å². The van der Waals surface area contributed by atoms with Gasteiger partial charge in [-0.3, -0.25) is 0 Å². The van der Waals surface area contributed by atoms with Crippen LogP contribution < -0.4 is 16.2 Å². The summed E-state index contributed by atoms with van der Waals surface area (Å²) >= 11 is 0. The van der Waals surface area contributed by atoms with Gasteiger partial charge in [0, 0.05) is 6.04 Å². The Labute approximate surface area is 117 Å². The molecular formula is C16H28N2O. The first kappa shape index (κ1) is 16.0. The third-order valence-corrected chi connectivity index (χ3v) is 4.25. The van der Waals surface area contributed by atoms with E-state index in [4.69, 9.17) is 16.2 Å². The minimum absolute atomic E-state index is 0.0189. The number of rotatable bonds is 5. The van der Waals surface area contributed by atoms with Gasteiger partial charge in [-0.15, -0.1) is 0 Å². The van der Waals surface area contributed by atoms with Crippen molar-refractivity contribution in [1.29, 1.82) is 0 Å². The molecule has 0 saturated heterocycles. The van der Waals surface area contributed by atoms with E-state index in [0.717, 1.165) is 11.3 Å². The molecule has 3 nitrogen and oxygen atoms in total. The first-order chi connectivity index (χ1) is 8.84. The molecule has 0 radical (unpaired) electrons. The Morgan fingerprint density at radius 1 is 1.16 bits per heavy atom. The minimum Gasteiger partial charge on any atom is -0.496 e. The van der Waals surface area contributed by atoms with Gasteiger partial charge in [-0.1, -0.05) is 13.8 Å². The van der Waals surface area contributed by atoms with Crippen molar-refractivity contribution in [3.8, 4) is 5.75 Å². The summed E-state index contributed by atoms with van der Waals surface area (Å²) in [6.07, 6.45) is 0. The van der Waals surface area contributed by atoms with Crippen molar-refractivity contribution >= 4 is 0 Å². The first-order valence-electron chi connectivity index (χ1n) is 6.95. The molecule has 0 spiro atoms. The van der Waals surface area contributed by atoms with Crippen LogP contribution in [0.2, 0.25) is 0 Å². The lowest BCUT2D eigenvalue weighted by molar-refractivity contribution is 0.329. The molecule has 1 aromatic carbocycles. The van der Waals surface area contributed by atoms with Crippen LogP contribution in [0.5, 0.6) is 5.75 Å². The highest BCUT2D eigenvalue weighted by Crippen LogP contribution is 2.34. The van der Waals surface area contributed by atoms with E-state index in [1.165, 1.54) is 16.7 Å². The highest BCUT2D eigenvalue weighted by molar-refractivity contribution is 5.49. The van der Waals surface area contributed by atoms with Gasteiger partial charge in [-0.2, -0.15) is 0 Å². The molecule has 0 aliphatic heterocycles. The predicted molar refractivity (Wildman–Crippen MR) is 81.5 cm³/mol. The number of benzene rings is 1. The molecule has 0 aromatic heterocycles. The van der Waals surface area contributed by atoms with E-state index < -0.39 is 0 Å². The maximum absolute atomic E-state index is 6.49. The van der Waals surface area contributed by atoms with Crippen LogP contribution in [0.4, 0.5) is 0 Å². The zero-order valence-corrected chi connectivity index (χ0v) is 13.1. The average Bonchev–Trinajstić information content (AvgIpc) is 2.34. The molecule has 1 aromatic rings. The maximum Gasteiger partial charge on any atom is 0.122 e. The summed E-state index contributed by atoms with van der Waals surface area (Å²) in [6, 6.07) is 2.06. The molecule has 0 bridgehead atoms. The third kappa shape index (κ3) is 3.10. The van der Waals surface area contributed by atoms with Crippen LogP contribution in [-0.2, 0) is 0 Å². The van der Waals surface area contributed by atoms with Crippen molar-refractivity contribution in [1.82, 2.24) is 0 Å². The average molecular weight is 264 g/mol. The molecule has 108 valence electrons. The number of ether oxygens (including phenoxy) is 1. The smallest absolute Gasteiger partial charge is 0.122 e. The zero-order valence-electron chi connectivity index (χ0n) is 13.1. The molecule has 0 heterocycles. The molecule has 2 unspecified atom stereocenters. The van der Waals surface area contributed by atoms with Crippen LogP contribution in [0.15, 0.2) is 6.07 Å². The molecule has 1 rings (SSSR count). The van der Waals surface area contributed by atoms with Crippen molar-refractivity contribution in [3.63, 3.8) is 0 Å². The van der Waals surface area contributed by atoms with Gasteiger partial charge in [0.15, 0.2) is 0 Å². The summed E-state index contributed by atoms with van der Waals surface area (Å²) in [5.41, 5.74) is 17.2. The third-order valence-electron chi connectivity index (χ3n) is 4.25. The summed E-state index contributed by atoms with van der Waals surface area (Å²) < 4.78 is 5.41. The van der Waals surface area contributed by atoms with Crippen LogP contribution in [-0.4, -0.2) is 13.7 Å². The van der Waals surface area contributed by atoms with E-state index in [1.807, 2.05) is 0 Å². The van der Waals surface area contributed by atoms with E-state index >= 15 is 0 Å². The molecule has 3 heteroatoms. The fourth-order valence-corrected chi connectivity index (χ4v) is 2.84. The van der Waals surface area contributed by atoms with Crippen LogP contribution in [0.1, 0.15) is 42.1 Å². The molecule has 4 N–H and O–H groups in total. The molecule has 0 aliphatic rings. The van der Waals surface area contributed by atoms with Crippen LogP contribution in [0, 0.1) is 32.6 Å². The summed E-state index contributed by atoms with van der Waals surface area (Å²) in [6.45, 7) is 11.3. The van der Waals surface area contributed by atoms with Gasteiger partial charge in [-0.05, 0) is 67.5 Å². The molecule has 0 aliphatic carbocycles. The maximum atomic E-state index is 6.49. The Bertz CT molecular complexity index is 441. The number of hydrogen-bond donors (Lipinski definition) is 2. The standard InChI is InChI=1S/C16H28N2O/c1-9(2)13(8-17)16(18)15-10(3)7-14(19-6)11(4)12(15)5/h7,9,13,16H,8,17-18H2,1-6H3. The fourth-order valence-electron chi connectivity index (χ4n) is 2.84. The van der Waals surface area contributed by atoms with Crippen LogP contribution >= 0.6 is 0 Å². The van der Waals surface area contributed by atoms with E-state index in [-0.39, 0.29) is 6.04 Å². The first-order valence-corrected chi connectivity index (χ1v) is 6.95. The van der Waals surface area contributed by atoms with Crippen molar-refractivity contribution in [2.75, 3.05) is 13.7 Å². The lowest BCUT2D eigenvalue weighted by Crippen LogP contribution is -2.33. The number of aryl methyl sites for hydroxylation is 1. The SMILES string of the molecule is COc1cc(C)c(C(N)C(CN)C(C)C)c(C)c1C. The summed E-state index contributed by atoms with van der Waals surface area (Å²) in [7, 11) is 1.71.